The summed E-state index contributed by atoms with van der Waals surface area (Å²) in [6.45, 7) is 0. The van der Waals surface area contributed by atoms with Gasteiger partial charge < -0.3 is 0 Å². The third-order valence-electron chi connectivity index (χ3n) is 2.35. The molecule has 3 aromatic rings. The fourth-order valence-corrected chi connectivity index (χ4v) is 1.65. The van der Waals surface area contributed by atoms with E-state index in [2.05, 4.69) is 15.1 Å². The van der Waals surface area contributed by atoms with Crippen molar-refractivity contribution in [3.8, 4) is 11.3 Å². The zero-order valence-electron chi connectivity index (χ0n) is 8.29. The molecule has 0 aliphatic rings. The Labute approximate surface area is 90.4 Å². The fraction of sp³-hybridized carbons (Fsp3) is 0. The number of aromatic amines is 1. The van der Waals surface area contributed by atoms with Gasteiger partial charge in [0.25, 0.3) is 5.56 Å². The summed E-state index contributed by atoms with van der Waals surface area (Å²) in [6.07, 6.45) is 1.41. The molecule has 0 aliphatic carbocycles. The quantitative estimate of drug-likeness (QED) is 0.656. The zero-order chi connectivity index (χ0) is 11.0. The fourth-order valence-electron chi connectivity index (χ4n) is 1.65. The van der Waals surface area contributed by atoms with Crippen molar-refractivity contribution in [2.45, 2.75) is 0 Å². The first kappa shape index (κ1) is 8.84. The third kappa shape index (κ3) is 1.30. The van der Waals surface area contributed by atoms with Gasteiger partial charge >= 0.3 is 0 Å². The normalized spacial score (nSPS) is 10.8. The van der Waals surface area contributed by atoms with Crippen molar-refractivity contribution in [1.29, 1.82) is 0 Å². The molecular formula is C11H8N4O. The molecule has 0 aliphatic heterocycles. The van der Waals surface area contributed by atoms with Crippen LogP contribution in [0.5, 0.6) is 0 Å². The van der Waals surface area contributed by atoms with Crippen molar-refractivity contribution in [3.63, 3.8) is 0 Å². The van der Waals surface area contributed by atoms with Gasteiger partial charge in [0.2, 0.25) is 5.78 Å². The number of fused-ring (bicyclic) bond motifs is 1. The van der Waals surface area contributed by atoms with Gasteiger partial charge in [-0.3, -0.25) is 9.78 Å². The summed E-state index contributed by atoms with van der Waals surface area (Å²) in [5, 5.41) is 4.07. The summed E-state index contributed by atoms with van der Waals surface area (Å²) >= 11 is 0. The van der Waals surface area contributed by atoms with Crippen LogP contribution >= 0.6 is 0 Å². The molecule has 0 bridgehead atoms. The zero-order valence-corrected chi connectivity index (χ0v) is 8.29. The lowest BCUT2D eigenvalue weighted by Gasteiger charge is -2.02. The molecule has 5 heteroatoms. The van der Waals surface area contributed by atoms with E-state index < -0.39 is 0 Å². The van der Waals surface area contributed by atoms with E-state index in [4.69, 9.17) is 0 Å². The standard InChI is InChI=1S/C11H8N4O/c16-10-6-9(8-4-2-1-3-5-8)15-11(14-10)12-7-13-15/h1-7H,(H,12,13,14,16). The van der Waals surface area contributed by atoms with E-state index in [0.29, 0.717) is 5.78 Å². The molecule has 2 aromatic heterocycles. The number of H-pyrrole nitrogens is 1. The summed E-state index contributed by atoms with van der Waals surface area (Å²) in [7, 11) is 0. The first-order valence-electron chi connectivity index (χ1n) is 4.83. The molecule has 0 atom stereocenters. The van der Waals surface area contributed by atoms with Crippen molar-refractivity contribution in [2.75, 3.05) is 0 Å². The smallest absolute Gasteiger partial charge is 0.252 e. The molecule has 1 N–H and O–H groups in total. The molecule has 5 nitrogen and oxygen atoms in total. The maximum atomic E-state index is 11.4. The summed E-state index contributed by atoms with van der Waals surface area (Å²) in [5.41, 5.74) is 1.49. The van der Waals surface area contributed by atoms with Gasteiger partial charge in [0, 0.05) is 11.6 Å². The third-order valence-corrected chi connectivity index (χ3v) is 2.35. The number of nitrogens with zero attached hydrogens (tertiary/aromatic N) is 3. The molecule has 1 aromatic carbocycles. The van der Waals surface area contributed by atoms with E-state index in [1.807, 2.05) is 30.3 Å². The van der Waals surface area contributed by atoms with Crippen LogP contribution in [0.2, 0.25) is 0 Å². The number of hydrogen-bond donors (Lipinski definition) is 1. The highest BCUT2D eigenvalue weighted by Gasteiger charge is 2.06. The Morgan fingerprint density at radius 2 is 2.00 bits per heavy atom. The molecule has 0 saturated carbocycles. The lowest BCUT2D eigenvalue weighted by molar-refractivity contribution is 0.939. The van der Waals surface area contributed by atoms with Crippen LogP contribution in [0.1, 0.15) is 0 Å². The molecule has 0 unspecified atom stereocenters. The maximum absolute atomic E-state index is 11.4. The molecule has 16 heavy (non-hydrogen) atoms. The van der Waals surface area contributed by atoms with Gasteiger partial charge in [0.15, 0.2) is 0 Å². The van der Waals surface area contributed by atoms with Gasteiger partial charge in [0.1, 0.15) is 6.33 Å². The molecule has 0 saturated heterocycles. The molecule has 0 fully saturated rings. The minimum atomic E-state index is -0.181. The average Bonchev–Trinajstić information content (AvgIpc) is 2.77. The van der Waals surface area contributed by atoms with E-state index in [1.165, 1.54) is 12.4 Å². The summed E-state index contributed by atoms with van der Waals surface area (Å²) in [4.78, 5) is 18.0. The van der Waals surface area contributed by atoms with Crippen molar-refractivity contribution in [3.05, 3.63) is 53.1 Å². The van der Waals surface area contributed by atoms with Crippen LogP contribution in [-0.4, -0.2) is 19.6 Å². The Hall–Kier alpha value is -2.43. The Kier molecular flexibility index (Phi) is 1.83. The minimum absolute atomic E-state index is 0.181. The van der Waals surface area contributed by atoms with Gasteiger partial charge in [-0.1, -0.05) is 30.3 Å². The topological polar surface area (TPSA) is 63.1 Å². The second-order valence-electron chi connectivity index (χ2n) is 3.38. The van der Waals surface area contributed by atoms with Crippen LogP contribution in [0.4, 0.5) is 0 Å². The van der Waals surface area contributed by atoms with Crippen LogP contribution in [0.3, 0.4) is 0 Å². The Morgan fingerprint density at radius 3 is 2.81 bits per heavy atom. The van der Waals surface area contributed by atoms with Gasteiger partial charge in [-0.25, -0.2) is 0 Å². The average molecular weight is 212 g/mol. The van der Waals surface area contributed by atoms with Crippen LogP contribution in [0.15, 0.2) is 47.5 Å². The van der Waals surface area contributed by atoms with Crippen molar-refractivity contribution < 1.29 is 0 Å². The van der Waals surface area contributed by atoms with Crippen molar-refractivity contribution in [2.24, 2.45) is 0 Å². The monoisotopic (exact) mass is 212 g/mol. The summed E-state index contributed by atoms with van der Waals surface area (Å²) < 4.78 is 1.61. The van der Waals surface area contributed by atoms with E-state index in [1.54, 1.807) is 4.52 Å². The molecule has 0 spiro atoms. The minimum Gasteiger partial charge on any atom is -0.291 e. The maximum Gasteiger partial charge on any atom is 0.252 e. The van der Waals surface area contributed by atoms with E-state index >= 15 is 0 Å². The second kappa shape index (κ2) is 3.30. The second-order valence-corrected chi connectivity index (χ2v) is 3.38. The van der Waals surface area contributed by atoms with Gasteiger partial charge in [0.05, 0.1) is 5.69 Å². The predicted octanol–water partition coefficient (Wildman–Crippen LogP) is 1.08. The van der Waals surface area contributed by atoms with E-state index in [-0.39, 0.29) is 5.56 Å². The van der Waals surface area contributed by atoms with E-state index in [0.717, 1.165) is 11.3 Å². The van der Waals surface area contributed by atoms with Crippen molar-refractivity contribution >= 4 is 5.78 Å². The highest BCUT2D eigenvalue weighted by atomic mass is 16.1. The highest BCUT2D eigenvalue weighted by Crippen LogP contribution is 2.16. The molecular weight excluding hydrogens is 204 g/mol. The number of benzene rings is 1. The van der Waals surface area contributed by atoms with Crippen LogP contribution in [-0.2, 0) is 0 Å². The van der Waals surface area contributed by atoms with Crippen LogP contribution in [0.25, 0.3) is 17.0 Å². The first-order chi connectivity index (χ1) is 7.84. The lowest BCUT2D eigenvalue weighted by Crippen LogP contribution is -2.09. The SMILES string of the molecule is O=c1cc(-c2ccccc2)n2ncnc2[nH]1. The number of rotatable bonds is 1. The van der Waals surface area contributed by atoms with Crippen molar-refractivity contribution in [1.82, 2.24) is 19.6 Å². The molecule has 3 rings (SSSR count). The largest absolute Gasteiger partial charge is 0.291 e. The molecule has 78 valence electrons. The number of nitrogens with one attached hydrogen (secondary N) is 1. The van der Waals surface area contributed by atoms with Gasteiger partial charge in [-0.2, -0.15) is 14.6 Å². The Morgan fingerprint density at radius 1 is 1.19 bits per heavy atom. The first-order valence-corrected chi connectivity index (χ1v) is 4.83. The Bertz CT molecular complexity index is 684. The highest BCUT2D eigenvalue weighted by molar-refractivity contribution is 5.60. The summed E-state index contributed by atoms with van der Waals surface area (Å²) in [5.74, 6) is 0.450. The molecule has 0 radical (unpaired) electrons. The van der Waals surface area contributed by atoms with Crippen LogP contribution < -0.4 is 5.56 Å². The van der Waals surface area contributed by atoms with Gasteiger partial charge in [-0.05, 0) is 0 Å². The van der Waals surface area contributed by atoms with Gasteiger partial charge in [-0.15, -0.1) is 0 Å². The summed E-state index contributed by atoms with van der Waals surface area (Å²) in [6, 6.07) is 11.1. The lowest BCUT2D eigenvalue weighted by atomic mass is 10.1. The number of aromatic nitrogens is 4. The number of hydrogen-bond acceptors (Lipinski definition) is 3. The Balaban J connectivity index is 2.39. The predicted molar refractivity (Wildman–Crippen MR) is 59.0 cm³/mol. The molecule has 0 amide bonds. The molecule has 2 heterocycles. The van der Waals surface area contributed by atoms with E-state index in [9.17, 15) is 4.79 Å². The van der Waals surface area contributed by atoms with Crippen LogP contribution in [0, 0.1) is 0 Å².